The number of hydrogen-bond donors (Lipinski definition) is 1. The number of rotatable bonds is 2. The van der Waals surface area contributed by atoms with Gasteiger partial charge in [0.25, 0.3) is 5.69 Å². The highest BCUT2D eigenvalue weighted by molar-refractivity contribution is 5.81. The van der Waals surface area contributed by atoms with Crippen LogP contribution in [0, 0.1) is 21.4 Å². The van der Waals surface area contributed by atoms with Gasteiger partial charge in [-0.2, -0.15) is 10.4 Å². The van der Waals surface area contributed by atoms with Gasteiger partial charge in [0.15, 0.2) is 5.66 Å². The zero-order chi connectivity index (χ0) is 12.6. The van der Waals surface area contributed by atoms with Crippen molar-refractivity contribution in [2.45, 2.75) is 12.6 Å². The Balaban J connectivity index is 2.65. The molecule has 1 atom stereocenters. The van der Waals surface area contributed by atoms with Crippen LogP contribution in [0.5, 0.6) is 0 Å². The maximum Gasteiger partial charge on any atom is 0.270 e. The number of nitrogens with two attached hydrogens (primary N) is 1. The number of nitro benzene ring substituents is 1. The lowest BCUT2D eigenvalue weighted by Crippen LogP contribution is -2.38. The normalized spacial score (nSPS) is 14.2. The Kier molecular flexibility index (Phi) is 2.30. The Morgan fingerprint density at radius 2 is 2.35 bits per heavy atom. The van der Waals surface area contributed by atoms with E-state index in [-0.39, 0.29) is 5.69 Å². The van der Waals surface area contributed by atoms with E-state index in [1.165, 1.54) is 36.0 Å². The number of nitrogens with zero attached hydrogens (tertiary/aromatic N) is 4. The molecule has 86 valence electrons. The van der Waals surface area contributed by atoms with Crippen LogP contribution in [0.1, 0.15) is 6.92 Å². The van der Waals surface area contributed by atoms with Crippen molar-refractivity contribution in [3.05, 3.63) is 34.5 Å². The van der Waals surface area contributed by atoms with Crippen molar-refractivity contribution in [2.24, 2.45) is 5.73 Å². The molecule has 0 bridgehead atoms. The van der Waals surface area contributed by atoms with Crippen LogP contribution in [-0.2, 0) is 5.66 Å². The van der Waals surface area contributed by atoms with E-state index in [1.807, 2.05) is 6.07 Å². The molecule has 0 saturated carbocycles. The summed E-state index contributed by atoms with van der Waals surface area (Å²) in [4.78, 5) is 10.1. The molecule has 0 radical (unpaired) electrons. The molecule has 7 heteroatoms. The molecule has 2 aromatic rings. The summed E-state index contributed by atoms with van der Waals surface area (Å²) in [5.41, 5.74) is 5.04. The van der Waals surface area contributed by atoms with Gasteiger partial charge in [0.2, 0.25) is 0 Å². The zero-order valence-corrected chi connectivity index (χ0v) is 8.99. The third-order valence-electron chi connectivity index (χ3n) is 2.43. The minimum absolute atomic E-state index is 0.0206. The Labute approximate surface area is 96.2 Å². The van der Waals surface area contributed by atoms with E-state index in [0.29, 0.717) is 10.9 Å². The van der Waals surface area contributed by atoms with Crippen molar-refractivity contribution >= 4 is 16.6 Å². The largest absolute Gasteiger partial charge is 0.295 e. The van der Waals surface area contributed by atoms with Crippen LogP contribution in [0.25, 0.3) is 10.9 Å². The highest BCUT2D eigenvalue weighted by atomic mass is 16.6. The summed E-state index contributed by atoms with van der Waals surface area (Å²) in [5.74, 6) is 0. The van der Waals surface area contributed by atoms with Crippen LogP contribution in [0.2, 0.25) is 0 Å². The Morgan fingerprint density at radius 3 is 2.94 bits per heavy atom. The van der Waals surface area contributed by atoms with Gasteiger partial charge in [0, 0.05) is 17.5 Å². The van der Waals surface area contributed by atoms with Crippen LogP contribution in [-0.4, -0.2) is 14.7 Å². The number of fused-ring (bicyclic) bond motifs is 1. The van der Waals surface area contributed by atoms with E-state index < -0.39 is 10.6 Å². The molecule has 1 unspecified atom stereocenters. The van der Waals surface area contributed by atoms with E-state index in [9.17, 15) is 10.1 Å². The second-order valence-electron chi connectivity index (χ2n) is 3.82. The molecule has 0 fully saturated rings. The number of nitriles is 1. The van der Waals surface area contributed by atoms with Gasteiger partial charge in [-0.3, -0.25) is 15.8 Å². The van der Waals surface area contributed by atoms with Crippen molar-refractivity contribution in [1.29, 1.82) is 5.26 Å². The summed E-state index contributed by atoms with van der Waals surface area (Å²) in [7, 11) is 0. The number of benzene rings is 1. The molecule has 2 N–H and O–H groups in total. The molecule has 0 aliphatic carbocycles. The molecule has 1 aromatic carbocycles. The smallest absolute Gasteiger partial charge is 0.270 e. The zero-order valence-electron chi connectivity index (χ0n) is 8.99. The molecular weight excluding hydrogens is 222 g/mol. The van der Waals surface area contributed by atoms with E-state index in [0.717, 1.165) is 0 Å². The minimum Gasteiger partial charge on any atom is -0.295 e. The molecule has 17 heavy (non-hydrogen) atoms. The van der Waals surface area contributed by atoms with Gasteiger partial charge >= 0.3 is 0 Å². The predicted octanol–water partition coefficient (Wildman–Crippen LogP) is 1.10. The molecule has 1 heterocycles. The quantitative estimate of drug-likeness (QED) is 0.614. The molecule has 2 rings (SSSR count). The molecular formula is C10H9N5O2. The van der Waals surface area contributed by atoms with Crippen molar-refractivity contribution < 1.29 is 4.92 Å². The van der Waals surface area contributed by atoms with Gasteiger partial charge < -0.3 is 0 Å². The molecule has 0 spiro atoms. The predicted molar refractivity (Wildman–Crippen MR) is 59.8 cm³/mol. The van der Waals surface area contributed by atoms with E-state index >= 15 is 0 Å². The van der Waals surface area contributed by atoms with Gasteiger partial charge in [-0.15, -0.1) is 0 Å². The van der Waals surface area contributed by atoms with Crippen molar-refractivity contribution in [1.82, 2.24) is 9.78 Å². The van der Waals surface area contributed by atoms with Crippen molar-refractivity contribution in [3.8, 4) is 6.07 Å². The lowest BCUT2D eigenvalue weighted by molar-refractivity contribution is -0.384. The molecule has 1 aromatic heterocycles. The van der Waals surface area contributed by atoms with Crippen LogP contribution in [0.3, 0.4) is 0 Å². The lowest BCUT2D eigenvalue weighted by Gasteiger charge is -2.16. The third-order valence-corrected chi connectivity index (χ3v) is 2.43. The third kappa shape index (κ3) is 1.70. The Bertz CT molecular complexity index is 638. The van der Waals surface area contributed by atoms with Crippen LogP contribution in [0.15, 0.2) is 24.4 Å². The first-order valence-corrected chi connectivity index (χ1v) is 4.78. The molecule has 0 aliphatic rings. The van der Waals surface area contributed by atoms with E-state index in [1.54, 1.807) is 0 Å². The topological polar surface area (TPSA) is 111 Å². The summed E-state index contributed by atoms with van der Waals surface area (Å²) in [6, 6.07) is 6.20. The highest BCUT2D eigenvalue weighted by Crippen LogP contribution is 2.23. The number of aromatic nitrogens is 2. The van der Waals surface area contributed by atoms with Crippen LogP contribution in [0.4, 0.5) is 5.69 Å². The highest BCUT2D eigenvalue weighted by Gasteiger charge is 2.23. The summed E-state index contributed by atoms with van der Waals surface area (Å²) < 4.78 is 1.34. The van der Waals surface area contributed by atoms with E-state index in [4.69, 9.17) is 11.0 Å². The van der Waals surface area contributed by atoms with E-state index in [2.05, 4.69) is 5.10 Å². The second kappa shape index (κ2) is 3.54. The average molecular weight is 231 g/mol. The summed E-state index contributed by atoms with van der Waals surface area (Å²) >= 11 is 0. The molecule has 0 saturated heterocycles. The van der Waals surface area contributed by atoms with Crippen LogP contribution < -0.4 is 5.73 Å². The summed E-state index contributed by atoms with van der Waals surface area (Å²) in [6.07, 6.45) is 1.45. The SMILES string of the molecule is CC(N)(C#N)n1ncc2cc([N+](=O)[O-])ccc21. The number of hydrogen-bond acceptors (Lipinski definition) is 5. The first-order chi connectivity index (χ1) is 7.95. The maximum atomic E-state index is 10.6. The summed E-state index contributed by atoms with van der Waals surface area (Å²) in [6.45, 7) is 1.51. The average Bonchev–Trinajstić information content (AvgIpc) is 2.72. The Hall–Kier alpha value is -2.46. The van der Waals surface area contributed by atoms with Crippen LogP contribution >= 0.6 is 0 Å². The number of nitro groups is 1. The molecule has 0 amide bonds. The fourth-order valence-electron chi connectivity index (χ4n) is 1.55. The standard InChI is InChI=1S/C10H9N5O2/c1-10(12,6-11)14-9-3-2-8(15(16)17)4-7(9)5-13-14/h2-5H,12H2,1H3. The second-order valence-corrected chi connectivity index (χ2v) is 3.82. The monoisotopic (exact) mass is 231 g/mol. The van der Waals surface area contributed by atoms with Crippen molar-refractivity contribution in [2.75, 3.05) is 0 Å². The van der Waals surface area contributed by atoms with Gasteiger partial charge in [0.05, 0.1) is 16.6 Å². The first kappa shape index (κ1) is 11.0. The van der Waals surface area contributed by atoms with Gasteiger partial charge in [0.1, 0.15) is 6.07 Å². The van der Waals surface area contributed by atoms with Crippen molar-refractivity contribution in [3.63, 3.8) is 0 Å². The fourth-order valence-corrected chi connectivity index (χ4v) is 1.55. The molecule has 0 aliphatic heterocycles. The van der Waals surface area contributed by atoms with Gasteiger partial charge in [-0.25, -0.2) is 4.68 Å². The first-order valence-electron chi connectivity index (χ1n) is 4.78. The fraction of sp³-hybridized carbons (Fsp3) is 0.200. The minimum atomic E-state index is -1.28. The lowest BCUT2D eigenvalue weighted by atomic mass is 10.2. The van der Waals surface area contributed by atoms with Gasteiger partial charge in [-0.05, 0) is 13.0 Å². The maximum absolute atomic E-state index is 10.6. The van der Waals surface area contributed by atoms with Gasteiger partial charge in [-0.1, -0.05) is 0 Å². The number of non-ortho nitro benzene ring substituents is 1. The molecule has 7 nitrogen and oxygen atoms in total. The Morgan fingerprint density at radius 1 is 1.65 bits per heavy atom. The summed E-state index contributed by atoms with van der Waals surface area (Å²) in [5, 5.41) is 24.1.